The Balaban J connectivity index is 2.21. The smallest absolute Gasteiger partial charge is 0.314 e. The second-order valence-electron chi connectivity index (χ2n) is 4.75. The first-order valence-electron chi connectivity index (χ1n) is 5.95. The van der Waals surface area contributed by atoms with Crippen LogP contribution in [0.5, 0.6) is 0 Å². The second-order valence-corrected chi connectivity index (χ2v) is 7.05. The number of hydrogen-bond donors (Lipinski definition) is 2. The van der Waals surface area contributed by atoms with Gasteiger partial charge in [-0.3, -0.25) is 4.79 Å². The quantitative estimate of drug-likeness (QED) is 0.839. The van der Waals surface area contributed by atoms with E-state index in [1.807, 2.05) is 0 Å². The van der Waals surface area contributed by atoms with Crippen LogP contribution in [-0.4, -0.2) is 26.0 Å². The van der Waals surface area contributed by atoms with Crippen LogP contribution in [0.3, 0.4) is 0 Å². The van der Waals surface area contributed by atoms with E-state index in [9.17, 15) is 18.3 Å². The Morgan fingerprint density at radius 1 is 1.35 bits per heavy atom. The van der Waals surface area contributed by atoms with Crippen LogP contribution in [-0.2, 0) is 20.2 Å². The summed E-state index contributed by atoms with van der Waals surface area (Å²) in [6.07, 6.45) is 1.16. The molecule has 2 N–H and O–H groups in total. The molecule has 2 rings (SSSR count). The van der Waals surface area contributed by atoms with E-state index in [0.717, 1.165) is 0 Å². The number of carboxylic acids is 1. The van der Waals surface area contributed by atoms with Gasteiger partial charge in [0.1, 0.15) is 0 Å². The molecule has 0 radical (unpaired) electrons. The van der Waals surface area contributed by atoms with Gasteiger partial charge in [-0.25, -0.2) is 13.1 Å². The van der Waals surface area contributed by atoms with Crippen molar-refractivity contribution < 1.29 is 18.3 Å². The van der Waals surface area contributed by atoms with E-state index >= 15 is 0 Å². The SMILES string of the molecule is C=C(Cl)CNS(=O)(=O)c1ccc(C2(C(=O)O)CC2)cc1. The van der Waals surface area contributed by atoms with Crippen molar-refractivity contribution >= 4 is 27.6 Å². The van der Waals surface area contributed by atoms with Crippen LogP contribution in [0.1, 0.15) is 18.4 Å². The topological polar surface area (TPSA) is 83.5 Å². The first-order valence-corrected chi connectivity index (χ1v) is 7.81. The summed E-state index contributed by atoms with van der Waals surface area (Å²) in [4.78, 5) is 11.3. The highest BCUT2D eigenvalue weighted by Gasteiger charge is 2.51. The maximum Gasteiger partial charge on any atom is 0.314 e. The lowest BCUT2D eigenvalue weighted by Crippen LogP contribution is -2.25. The maximum absolute atomic E-state index is 11.9. The van der Waals surface area contributed by atoms with Crippen molar-refractivity contribution in [3.8, 4) is 0 Å². The third-order valence-electron chi connectivity index (χ3n) is 3.33. The van der Waals surface area contributed by atoms with Gasteiger partial charge in [0, 0.05) is 11.6 Å². The Morgan fingerprint density at radius 2 is 1.90 bits per heavy atom. The number of nitrogens with one attached hydrogen (secondary N) is 1. The third-order valence-corrected chi connectivity index (χ3v) is 4.88. The molecule has 1 saturated carbocycles. The average molecular weight is 316 g/mol. The van der Waals surface area contributed by atoms with E-state index in [0.29, 0.717) is 18.4 Å². The third kappa shape index (κ3) is 2.87. The summed E-state index contributed by atoms with van der Waals surface area (Å²) in [7, 11) is -3.66. The lowest BCUT2D eigenvalue weighted by atomic mass is 9.96. The standard InChI is InChI=1S/C13H14ClNO4S/c1-9(14)8-15-20(18,19)11-4-2-10(3-5-11)13(6-7-13)12(16)17/h2-5,15H,1,6-8H2,(H,16,17). The molecule has 1 aromatic rings. The number of hydrogen-bond acceptors (Lipinski definition) is 3. The Hall–Kier alpha value is -1.37. The van der Waals surface area contributed by atoms with Gasteiger partial charge in [-0.05, 0) is 30.5 Å². The van der Waals surface area contributed by atoms with E-state index in [1.54, 1.807) is 12.1 Å². The van der Waals surface area contributed by atoms with Crippen molar-refractivity contribution in [3.63, 3.8) is 0 Å². The number of carbonyl (C=O) groups is 1. The van der Waals surface area contributed by atoms with Gasteiger partial charge in [-0.2, -0.15) is 0 Å². The van der Waals surface area contributed by atoms with Crippen LogP contribution in [0.15, 0.2) is 40.8 Å². The summed E-state index contributed by atoms with van der Waals surface area (Å²) in [6.45, 7) is 3.35. The van der Waals surface area contributed by atoms with Crippen molar-refractivity contribution in [2.24, 2.45) is 0 Å². The van der Waals surface area contributed by atoms with Crippen LogP contribution in [0, 0.1) is 0 Å². The molecule has 0 atom stereocenters. The predicted octanol–water partition coefficient (Wildman–Crippen LogP) is 1.83. The van der Waals surface area contributed by atoms with Gasteiger partial charge in [0.05, 0.1) is 10.3 Å². The summed E-state index contributed by atoms with van der Waals surface area (Å²) in [6, 6.07) is 5.89. The zero-order valence-electron chi connectivity index (χ0n) is 10.6. The Bertz CT molecular complexity index is 647. The highest BCUT2D eigenvalue weighted by molar-refractivity contribution is 7.89. The van der Waals surface area contributed by atoms with Gasteiger partial charge in [0.15, 0.2) is 0 Å². The molecule has 0 saturated heterocycles. The van der Waals surface area contributed by atoms with E-state index in [1.165, 1.54) is 12.1 Å². The molecular formula is C13H14ClNO4S. The van der Waals surface area contributed by atoms with Gasteiger partial charge in [0.25, 0.3) is 0 Å². The van der Waals surface area contributed by atoms with Crippen molar-refractivity contribution in [1.29, 1.82) is 0 Å². The fourth-order valence-corrected chi connectivity index (χ4v) is 3.13. The van der Waals surface area contributed by atoms with Gasteiger partial charge in [-0.15, -0.1) is 0 Å². The molecule has 0 aromatic heterocycles. The summed E-state index contributed by atoms with van der Waals surface area (Å²) in [5.74, 6) is -0.871. The molecular weight excluding hydrogens is 302 g/mol. The minimum absolute atomic E-state index is 0.0509. The fourth-order valence-electron chi connectivity index (χ4n) is 1.96. The van der Waals surface area contributed by atoms with Crippen molar-refractivity contribution in [2.45, 2.75) is 23.2 Å². The summed E-state index contributed by atoms with van der Waals surface area (Å²) < 4.78 is 26.1. The zero-order chi connectivity index (χ0) is 15.0. The molecule has 0 amide bonds. The van der Waals surface area contributed by atoms with Gasteiger partial charge in [0.2, 0.25) is 10.0 Å². The van der Waals surface area contributed by atoms with Crippen LogP contribution in [0.2, 0.25) is 0 Å². The first kappa shape index (κ1) is 15.0. The lowest BCUT2D eigenvalue weighted by Gasteiger charge is -2.11. The van der Waals surface area contributed by atoms with E-state index in [-0.39, 0.29) is 16.5 Å². The van der Waals surface area contributed by atoms with Gasteiger partial charge in [-0.1, -0.05) is 30.3 Å². The molecule has 0 aliphatic heterocycles. The maximum atomic E-state index is 11.9. The minimum Gasteiger partial charge on any atom is -0.481 e. The number of sulfonamides is 1. The number of aliphatic carboxylic acids is 1. The highest BCUT2D eigenvalue weighted by atomic mass is 35.5. The second kappa shape index (κ2) is 5.20. The molecule has 7 heteroatoms. The molecule has 1 aliphatic rings. The number of benzene rings is 1. The van der Waals surface area contributed by atoms with Gasteiger partial charge < -0.3 is 5.11 Å². The Morgan fingerprint density at radius 3 is 2.30 bits per heavy atom. The molecule has 0 unspecified atom stereocenters. The first-order chi connectivity index (χ1) is 9.28. The monoisotopic (exact) mass is 315 g/mol. The normalized spacial score (nSPS) is 16.6. The average Bonchev–Trinajstić information content (AvgIpc) is 3.18. The van der Waals surface area contributed by atoms with Crippen molar-refractivity contribution in [3.05, 3.63) is 41.4 Å². The number of carboxylic acid groups (broad SMARTS) is 1. The van der Waals surface area contributed by atoms with Crippen LogP contribution >= 0.6 is 11.6 Å². The Labute approximate surface area is 122 Å². The van der Waals surface area contributed by atoms with Crippen LogP contribution < -0.4 is 4.72 Å². The van der Waals surface area contributed by atoms with Gasteiger partial charge >= 0.3 is 5.97 Å². The van der Waals surface area contributed by atoms with Crippen LogP contribution in [0.4, 0.5) is 0 Å². The van der Waals surface area contributed by atoms with E-state index in [2.05, 4.69) is 11.3 Å². The summed E-state index contributed by atoms with van der Waals surface area (Å²) in [5.41, 5.74) is -0.203. The number of halogens is 1. The summed E-state index contributed by atoms with van der Waals surface area (Å²) in [5, 5.41) is 9.36. The molecule has 1 aliphatic carbocycles. The highest BCUT2D eigenvalue weighted by Crippen LogP contribution is 2.48. The van der Waals surface area contributed by atoms with E-state index < -0.39 is 21.4 Å². The molecule has 20 heavy (non-hydrogen) atoms. The minimum atomic E-state index is -3.66. The molecule has 5 nitrogen and oxygen atoms in total. The van der Waals surface area contributed by atoms with E-state index in [4.69, 9.17) is 11.6 Å². The predicted molar refractivity (Wildman–Crippen MR) is 75.2 cm³/mol. The lowest BCUT2D eigenvalue weighted by molar-refractivity contribution is -0.140. The molecule has 108 valence electrons. The van der Waals surface area contributed by atoms with Crippen molar-refractivity contribution in [1.82, 2.24) is 4.72 Å². The van der Waals surface area contributed by atoms with Crippen LogP contribution in [0.25, 0.3) is 0 Å². The fraction of sp³-hybridized carbons (Fsp3) is 0.308. The zero-order valence-corrected chi connectivity index (χ0v) is 12.2. The molecule has 1 aromatic carbocycles. The summed E-state index contributed by atoms with van der Waals surface area (Å²) >= 11 is 5.51. The van der Waals surface area contributed by atoms with Crippen molar-refractivity contribution in [2.75, 3.05) is 6.54 Å². The molecule has 0 spiro atoms. The molecule has 0 bridgehead atoms. The Kier molecular flexibility index (Phi) is 3.90. The number of rotatable bonds is 6. The molecule has 0 heterocycles. The largest absolute Gasteiger partial charge is 0.481 e. The molecule has 1 fully saturated rings.